The third kappa shape index (κ3) is 5.20. The Morgan fingerprint density at radius 1 is 1.24 bits per heavy atom. The highest BCUT2D eigenvalue weighted by Gasteiger charge is 2.11. The fraction of sp³-hybridized carbons (Fsp3) is 0.571. The lowest BCUT2D eigenvalue weighted by molar-refractivity contribution is 0.0790. The van der Waals surface area contributed by atoms with E-state index in [0.29, 0.717) is 12.6 Å². The maximum Gasteiger partial charge on any atom is 0.134 e. The average molecular weight is 237 g/mol. The Hall–Kier alpha value is -1.06. The van der Waals surface area contributed by atoms with Gasteiger partial charge in [0, 0.05) is 19.7 Å². The lowest BCUT2D eigenvalue weighted by Crippen LogP contribution is -2.38. The van der Waals surface area contributed by atoms with Crippen LogP contribution in [0.1, 0.15) is 19.4 Å². The molecule has 0 aliphatic carbocycles. The molecule has 0 saturated heterocycles. The predicted molar refractivity (Wildman–Crippen MR) is 70.6 cm³/mol. The first-order valence-corrected chi connectivity index (χ1v) is 6.08. The van der Waals surface area contributed by atoms with E-state index >= 15 is 0 Å². The van der Waals surface area contributed by atoms with Crippen molar-refractivity contribution in [2.24, 2.45) is 0 Å². The van der Waals surface area contributed by atoms with Crippen LogP contribution in [0.5, 0.6) is 5.75 Å². The summed E-state index contributed by atoms with van der Waals surface area (Å²) in [5.41, 5.74) is 1.15. The van der Waals surface area contributed by atoms with Crippen molar-refractivity contribution in [2.75, 3.05) is 20.3 Å². The molecule has 1 aromatic carbocycles. The Kier molecular flexibility index (Phi) is 6.01. The summed E-state index contributed by atoms with van der Waals surface area (Å²) >= 11 is 0. The van der Waals surface area contributed by atoms with Gasteiger partial charge < -0.3 is 14.8 Å². The molecule has 0 fully saturated rings. The van der Waals surface area contributed by atoms with Crippen molar-refractivity contribution in [1.82, 2.24) is 5.32 Å². The van der Waals surface area contributed by atoms with Gasteiger partial charge >= 0.3 is 0 Å². The van der Waals surface area contributed by atoms with Crippen molar-refractivity contribution in [3.05, 3.63) is 29.8 Å². The molecule has 17 heavy (non-hydrogen) atoms. The van der Waals surface area contributed by atoms with Crippen LogP contribution in [0, 0.1) is 6.92 Å². The van der Waals surface area contributed by atoms with Gasteiger partial charge in [-0.15, -0.1) is 0 Å². The summed E-state index contributed by atoms with van der Waals surface area (Å²) in [4.78, 5) is 0. The number of methoxy groups -OCH3 is 1. The molecule has 0 aromatic heterocycles. The lowest BCUT2D eigenvalue weighted by atomic mass is 10.2. The van der Waals surface area contributed by atoms with Gasteiger partial charge in [-0.1, -0.05) is 32.0 Å². The highest BCUT2D eigenvalue weighted by atomic mass is 16.5. The molecule has 0 heterocycles. The van der Waals surface area contributed by atoms with E-state index in [9.17, 15) is 0 Å². The lowest BCUT2D eigenvalue weighted by Gasteiger charge is -2.21. The zero-order valence-electron chi connectivity index (χ0n) is 11.2. The van der Waals surface area contributed by atoms with E-state index in [-0.39, 0.29) is 6.10 Å². The van der Waals surface area contributed by atoms with Crippen LogP contribution in [0.2, 0.25) is 0 Å². The Bertz CT molecular complexity index is 326. The van der Waals surface area contributed by atoms with E-state index in [1.807, 2.05) is 18.2 Å². The fourth-order valence-corrected chi connectivity index (χ4v) is 1.56. The summed E-state index contributed by atoms with van der Waals surface area (Å²) < 4.78 is 11.1. The first-order valence-electron chi connectivity index (χ1n) is 6.08. The van der Waals surface area contributed by atoms with Crippen molar-refractivity contribution in [1.29, 1.82) is 0 Å². The number of aryl methyl sites for hydroxylation is 1. The summed E-state index contributed by atoms with van der Waals surface area (Å²) in [5, 5.41) is 3.37. The fourth-order valence-electron chi connectivity index (χ4n) is 1.56. The first kappa shape index (κ1) is 14.0. The van der Waals surface area contributed by atoms with Crippen LogP contribution in [-0.2, 0) is 4.74 Å². The molecule has 0 aliphatic rings. The SMILES string of the molecule is COCC(CNC(C)C)Oc1ccccc1C. The summed E-state index contributed by atoms with van der Waals surface area (Å²) in [6.07, 6.45) is 0.0449. The van der Waals surface area contributed by atoms with Crippen LogP contribution >= 0.6 is 0 Å². The Labute approximate surface area is 104 Å². The minimum atomic E-state index is 0.0449. The Morgan fingerprint density at radius 2 is 1.94 bits per heavy atom. The van der Waals surface area contributed by atoms with Gasteiger partial charge in [-0.2, -0.15) is 0 Å². The van der Waals surface area contributed by atoms with Crippen molar-refractivity contribution in [2.45, 2.75) is 32.9 Å². The second-order valence-corrected chi connectivity index (χ2v) is 4.52. The minimum absolute atomic E-state index is 0.0449. The van der Waals surface area contributed by atoms with E-state index in [4.69, 9.17) is 9.47 Å². The average Bonchev–Trinajstić information content (AvgIpc) is 2.29. The van der Waals surface area contributed by atoms with Gasteiger partial charge in [-0.25, -0.2) is 0 Å². The van der Waals surface area contributed by atoms with Gasteiger partial charge in [0.15, 0.2) is 0 Å². The maximum atomic E-state index is 5.95. The van der Waals surface area contributed by atoms with E-state index in [0.717, 1.165) is 17.9 Å². The molecule has 1 rings (SSSR count). The van der Waals surface area contributed by atoms with E-state index < -0.39 is 0 Å². The molecule has 0 radical (unpaired) electrons. The molecular weight excluding hydrogens is 214 g/mol. The Morgan fingerprint density at radius 3 is 2.53 bits per heavy atom. The number of ether oxygens (including phenoxy) is 2. The molecule has 0 saturated carbocycles. The standard InChI is InChI=1S/C14H23NO2/c1-11(2)15-9-13(10-16-4)17-14-8-6-5-7-12(14)3/h5-8,11,13,15H,9-10H2,1-4H3. The topological polar surface area (TPSA) is 30.5 Å². The largest absolute Gasteiger partial charge is 0.486 e. The molecule has 1 N–H and O–H groups in total. The normalized spacial score (nSPS) is 12.8. The zero-order valence-corrected chi connectivity index (χ0v) is 11.2. The van der Waals surface area contributed by atoms with Crippen LogP contribution < -0.4 is 10.1 Å². The van der Waals surface area contributed by atoms with Gasteiger partial charge in [0.1, 0.15) is 11.9 Å². The molecule has 0 amide bonds. The van der Waals surface area contributed by atoms with Crippen LogP contribution in [0.4, 0.5) is 0 Å². The number of benzene rings is 1. The number of nitrogens with one attached hydrogen (secondary N) is 1. The second kappa shape index (κ2) is 7.30. The van der Waals surface area contributed by atoms with Gasteiger partial charge in [0.25, 0.3) is 0 Å². The molecule has 0 aliphatic heterocycles. The number of para-hydroxylation sites is 1. The summed E-state index contributed by atoms with van der Waals surface area (Å²) in [5.74, 6) is 0.931. The van der Waals surface area contributed by atoms with Crippen LogP contribution in [-0.4, -0.2) is 32.4 Å². The Balaban J connectivity index is 2.56. The smallest absolute Gasteiger partial charge is 0.134 e. The van der Waals surface area contributed by atoms with Gasteiger partial charge in [-0.3, -0.25) is 0 Å². The molecule has 96 valence electrons. The van der Waals surface area contributed by atoms with Crippen LogP contribution in [0.3, 0.4) is 0 Å². The first-order chi connectivity index (χ1) is 8.13. The van der Waals surface area contributed by atoms with Crippen molar-refractivity contribution in [3.8, 4) is 5.75 Å². The van der Waals surface area contributed by atoms with Crippen molar-refractivity contribution < 1.29 is 9.47 Å². The van der Waals surface area contributed by atoms with Crippen molar-refractivity contribution >= 4 is 0 Å². The van der Waals surface area contributed by atoms with Crippen molar-refractivity contribution in [3.63, 3.8) is 0 Å². The number of rotatable bonds is 7. The molecule has 3 nitrogen and oxygen atoms in total. The third-order valence-corrected chi connectivity index (χ3v) is 2.49. The molecule has 1 unspecified atom stereocenters. The zero-order chi connectivity index (χ0) is 12.7. The summed E-state index contributed by atoms with van der Waals surface area (Å²) in [7, 11) is 1.70. The number of hydrogen-bond donors (Lipinski definition) is 1. The van der Waals surface area contributed by atoms with Gasteiger partial charge in [-0.05, 0) is 18.6 Å². The van der Waals surface area contributed by atoms with Crippen LogP contribution in [0.15, 0.2) is 24.3 Å². The van der Waals surface area contributed by atoms with Gasteiger partial charge in [0.05, 0.1) is 6.61 Å². The van der Waals surface area contributed by atoms with E-state index in [2.05, 4.69) is 32.2 Å². The molecule has 0 bridgehead atoms. The van der Waals surface area contributed by atoms with E-state index in [1.165, 1.54) is 0 Å². The second-order valence-electron chi connectivity index (χ2n) is 4.52. The number of hydrogen-bond acceptors (Lipinski definition) is 3. The predicted octanol–water partition coefficient (Wildman–Crippen LogP) is 2.39. The molecule has 1 atom stereocenters. The van der Waals surface area contributed by atoms with E-state index in [1.54, 1.807) is 7.11 Å². The molecule has 0 spiro atoms. The highest BCUT2D eigenvalue weighted by molar-refractivity contribution is 5.31. The highest BCUT2D eigenvalue weighted by Crippen LogP contribution is 2.17. The quantitative estimate of drug-likeness (QED) is 0.790. The monoisotopic (exact) mass is 237 g/mol. The van der Waals surface area contributed by atoms with Gasteiger partial charge in [0.2, 0.25) is 0 Å². The molecule has 1 aromatic rings. The summed E-state index contributed by atoms with van der Waals surface area (Å²) in [6.45, 7) is 7.68. The maximum absolute atomic E-state index is 5.95. The molecule has 3 heteroatoms. The van der Waals surface area contributed by atoms with Crippen LogP contribution in [0.25, 0.3) is 0 Å². The summed E-state index contributed by atoms with van der Waals surface area (Å²) in [6, 6.07) is 8.50. The third-order valence-electron chi connectivity index (χ3n) is 2.49. The molecular formula is C14H23NO2. The minimum Gasteiger partial charge on any atom is -0.486 e.